The molecule has 0 aliphatic heterocycles. The zero-order chi connectivity index (χ0) is 14.5. The lowest BCUT2D eigenvalue weighted by Gasteiger charge is -2.14. The molecule has 0 aliphatic carbocycles. The van der Waals surface area contributed by atoms with Crippen molar-refractivity contribution < 1.29 is 14.3 Å². The minimum atomic E-state index is -0.635. The molecule has 19 heavy (non-hydrogen) atoms. The molecule has 0 rings (SSSR count). The molecule has 0 radical (unpaired) electrons. The molecule has 0 aromatic heterocycles. The quantitative estimate of drug-likeness (QED) is 0.238. The average Bonchev–Trinajstić information content (AvgIpc) is 2.38. The summed E-state index contributed by atoms with van der Waals surface area (Å²) in [5, 5.41) is 0. The third-order valence-corrected chi connectivity index (χ3v) is 6.83. The van der Waals surface area contributed by atoms with Crippen LogP contribution in [0.2, 0.25) is 18.1 Å². The molecule has 0 saturated heterocycles. The number of carbonyl (C=O) groups excluding carboxylic acids is 1. The van der Waals surface area contributed by atoms with E-state index in [2.05, 4.69) is 13.5 Å². The number of esters is 1. The van der Waals surface area contributed by atoms with Crippen LogP contribution in [0.1, 0.15) is 40.0 Å². The number of hydrogen-bond donors (Lipinski definition) is 0. The lowest BCUT2D eigenvalue weighted by atomic mass is 10.3. The van der Waals surface area contributed by atoms with Gasteiger partial charge in [0.1, 0.15) is 0 Å². The van der Waals surface area contributed by atoms with Crippen molar-refractivity contribution in [2.45, 2.75) is 58.2 Å². The highest BCUT2D eigenvalue weighted by Crippen LogP contribution is 2.13. The van der Waals surface area contributed by atoms with Gasteiger partial charge in [0.2, 0.25) is 0 Å². The second-order valence-electron chi connectivity index (χ2n) is 5.05. The number of unbranched alkanes of at least 4 members (excludes halogenated alkanes) is 1. The summed E-state index contributed by atoms with van der Waals surface area (Å²) in [7, 11) is -0.635. The summed E-state index contributed by atoms with van der Waals surface area (Å²) in [5.74, 6) is -0.265. The monoisotopic (exact) mass is 286 g/mol. The predicted octanol–water partition coefficient (Wildman–Crippen LogP) is 3.56. The molecule has 0 saturated carbocycles. The largest absolute Gasteiger partial charge is 0.462 e. The van der Waals surface area contributed by atoms with Gasteiger partial charge < -0.3 is 9.47 Å². The fourth-order valence-corrected chi connectivity index (χ4v) is 5.11. The van der Waals surface area contributed by atoms with Crippen molar-refractivity contribution in [1.82, 2.24) is 0 Å². The molecule has 0 spiro atoms. The van der Waals surface area contributed by atoms with Gasteiger partial charge in [0.15, 0.2) is 0 Å². The third-order valence-electron chi connectivity index (χ3n) is 3.16. The Labute approximate surface area is 120 Å². The Morgan fingerprint density at radius 1 is 1.11 bits per heavy atom. The molecular formula is C15H30O3Si. The summed E-state index contributed by atoms with van der Waals surface area (Å²) in [4.78, 5) is 11.2. The lowest BCUT2D eigenvalue weighted by molar-refractivity contribution is -0.139. The maximum atomic E-state index is 11.2. The van der Waals surface area contributed by atoms with Gasteiger partial charge in [-0.25, -0.2) is 4.79 Å². The van der Waals surface area contributed by atoms with E-state index < -0.39 is 8.80 Å². The summed E-state index contributed by atoms with van der Waals surface area (Å²) in [6, 6.07) is 4.03. The first kappa shape index (κ1) is 18.4. The highest BCUT2D eigenvalue weighted by molar-refractivity contribution is 6.58. The summed E-state index contributed by atoms with van der Waals surface area (Å²) < 4.78 is 10.5. The van der Waals surface area contributed by atoms with Gasteiger partial charge in [-0.05, 0) is 26.3 Å². The molecule has 0 aromatic rings. The number of rotatable bonds is 12. The molecule has 0 fully saturated rings. The van der Waals surface area contributed by atoms with Crippen molar-refractivity contribution >= 4 is 14.8 Å². The van der Waals surface area contributed by atoms with E-state index in [0.29, 0.717) is 12.2 Å². The second-order valence-corrected chi connectivity index (χ2v) is 8.52. The van der Waals surface area contributed by atoms with Crippen LogP contribution < -0.4 is 0 Å². The maximum absolute atomic E-state index is 11.2. The molecule has 0 N–H and O–H groups in total. The first-order valence-electron chi connectivity index (χ1n) is 7.52. The lowest BCUT2D eigenvalue weighted by Crippen LogP contribution is -2.15. The SMILES string of the molecule is C=C(C)C(=O)OCCCC[SiH](CCC)CCOCC. The molecule has 112 valence electrons. The van der Waals surface area contributed by atoms with Gasteiger partial charge >= 0.3 is 5.97 Å². The zero-order valence-electron chi connectivity index (χ0n) is 12.9. The van der Waals surface area contributed by atoms with Gasteiger partial charge in [-0.2, -0.15) is 0 Å². The van der Waals surface area contributed by atoms with E-state index in [9.17, 15) is 4.79 Å². The standard InChI is InChI=1S/C15H30O3Si/c1-5-11-19(13-10-17-6-2)12-8-7-9-18-15(16)14(3)4/h19H,3,5-13H2,1-2,4H3. The van der Waals surface area contributed by atoms with Gasteiger partial charge in [-0.15, -0.1) is 0 Å². The van der Waals surface area contributed by atoms with Gasteiger partial charge in [0, 0.05) is 27.6 Å². The average molecular weight is 286 g/mol. The van der Waals surface area contributed by atoms with E-state index in [0.717, 1.165) is 19.6 Å². The van der Waals surface area contributed by atoms with Crippen molar-refractivity contribution in [3.05, 3.63) is 12.2 Å². The fourth-order valence-electron chi connectivity index (χ4n) is 2.06. The first-order chi connectivity index (χ1) is 9.11. The molecule has 0 heterocycles. The van der Waals surface area contributed by atoms with Crippen LogP contribution in [0.25, 0.3) is 0 Å². The Bertz CT molecular complexity index is 254. The number of carbonyl (C=O) groups is 1. The van der Waals surface area contributed by atoms with E-state index in [4.69, 9.17) is 9.47 Å². The maximum Gasteiger partial charge on any atom is 0.333 e. The zero-order valence-corrected chi connectivity index (χ0v) is 14.0. The molecule has 1 atom stereocenters. The van der Waals surface area contributed by atoms with Crippen LogP contribution in [0.3, 0.4) is 0 Å². The smallest absolute Gasteiger partial charge is 0.333 e. The van der Waals surface area contributed by atoms with Gasteiger partial charge in [0.05, 0.1) is 6.61 Å². The van der Waals surface area contributed by atoms with Crippen LogP contribution in [0.5, 0.6) is 0 Å². The highest BCUT2D eigenvalue weighted by atomic mass is 28.3. The van der Waals surface area contributed by atoms with E-state index >= 15 is 0 Å². The van der Waals surface area contributed by atoms with Crippen LogP contribution in [-0.4, -0.2) is 34.6 Å². The predicted molar refractivity (Wildman–Crippen MR) is 83.4 cm³/mol. The van der Waals surface area contributed by atoms with E-state index in [1.807, 2.05) is 6.92 Å². The Balaban J connectivity index is 3.62. The molecule has 0 bridgehead atoms. The number of ether oxygens (including phenoxy) is 2. The Morgan fingerprint density at radius 3 is 2.42 bits per heavy atom. The third kappa shape index (κ3) is 11.0. The van der Waals surface area contributed by atoms with Gasteiger partial charge in [-0.3, -0.25) is 0 Å². The highest BCUT2D eigenvalue weighted by Gasteiger charge is 2.09. The topological polar surface area (TPSA) is 35.5 Å². The molecular weight excluding hydrogens is 256 g/mol. The Hall–Kier alpha value is -0.613. The normalized spacial score (nSPS) is 12.2. The van der Waals surface area contributed by atoms with Crippen molar-refractivity contribution in [2.24, 2.45) is 0 Å². The second kappa shape index (κ2) is 12.4. The van der Waals surface area contributed by atoms with E-state index in [1.54, 1.807) is 6.92 Å². The van der Waals surface area contributed by atoms with Crippen LogP contribution in [-0.2, 0) is 14.3 Å². The Morgan fingerprint density at radius 2 is 1.84 bits per heavy atom. The van der Waals surface area contributed by atoms with Gasteiger partial charge in [-0.1, -0.05) is 38.4 Å². The van der Waals surface area contributed by atoms with Crippen molar-refractivity contribution in [1.29, 1.82) is 0 Å². The van der Waals surface area contributed by atoms with Crippen molar-refractivity contribution in [3.8, 4) is 0 Å². The van der Waals surface area contributed by atoms with Crippen LogP contribution in [0.15, 0.2) is 12.2 Å². The van der Waals surface area contributed by atoms with Crippen LogP contribution >= 0.6 is 0 Å². The summed E-state index contributed by atoms with van der Waals surface area (Å²) in [6.07, 6.45) is 3.43. The molecule has 1 unspecified atom stereocenters. The Kier molecular flexibility index (Phi) is 12.0. The van der Waals surface area contributed by atoms with Crippen molar-refractivity contribution in [2.75, 3.05) is 19.8 Å². The first-order valence-corrected chi connectivity index (χ1v) is 9.97. The molecule has 0 amide bonds. The summed E-state index contributed by atoms with van der Waals surface area (Å²) in [6.45, 7) is 11.8. The fraction of sp³-hybridized carbons (Fsp3) is 0.800. The van der Waals surface area contributed by atoms with Crippen molar-refractivity contribution in [3.63, 3.8) is 0 Å². The molecule has 0 aliphatic rings. The van der Waals surface area contributed by atoms with Gasteiger partial charge in [0.25, 0.3) is 0 Å². The summed E-state index contributed by atoms with van der Waals surface area (Å²) >= 11 is 0. The van der Waals surface area contributed by atoms with E-state index in [-0.39, 0.29) is 5.97 Å². The molecule has 0 aromatic carbocycles. The summed E-state index contributed by atoms with van der Waals surface area (Å²) in [5.41, 5.74) is 0.481. The molecule has 4 heteroatoms. The van der Waals surface area contributed by atoms with E-state index in [1.165, 1.54) is 31.0 Å². The van der Waals surface area contributed by atoms with Crippen LogP contribution in [0.4, 0.5) is 0 Å². The van der Waals surface area contributed by atoms with Crippen LogP contribution in [0, 0.1) is 0 Å². The minimum Gasteiger partial charge on any atom is -0.462 e. The minimum absolute atomic E-state index is 0.265. The number of hydrogen-bond acceptors (Lipinski definition) is 3. The molecule has 3 nitrogen and oxygen atoms in total.